The van der Waals surface area contributed by atoms with Crippen molar-refractivity contribution in [3.8, 4) is 0 Å². The number of ether oxygens (including phenoxy) is 1. The van der Waals surface area contributed by atoms with E-state index in [1.807, 2.05) is 18.2 Å². The minimum atomic E-state index is -0.525. The van der Waals surface area contributed by atoms with Crippen LogP contribution in [0.2, 0.25) is 0 Å². The van der Waals surface area contributed by atoms with Crippen molar-refractivity contribution in [2.45, 2.75) is 44.2 Å². The molecule has 6 nitrogen and oxygen atoms in total. The second kappa shape index (κ2) is 9.69. The first-order valence-electron chi connectivity index (χ1n) is 9.70. The van der Waals surface area contributed by atoms with Crippen LogP contribution in [0.1, 0.15) is 43.8 Å². The molecule has 0 radical (unpaired) electrons. The Hall–Kier alpha value is -1.92. The maximum Gasteiger partial charge on any atom is 0.309 e. The Kier molecular flexibility index (Phi) is 7.03. The van der Waals surface area contributed by atoms with Gasteiger partial charge in [0.2, 0.25) is 0 Å². The topological polar surface area (TPSA) is 70.7 Å². The fourth-order valence-corrected chi connectivity index (χ4v) is 3.68. The fraction of sp³-hybridized carbons (Fsp3) is 0.600. The predicted octanol–water partition coefficient (Wildman–Crippen LogP) is 1.62. The van der Waals surface area contributed by atoms with Gasteiger partial charge in [-0.3, -0.25) is 14.5 Å². The van der Waals surface area contributed by atoms with Gasteiger partial charge in [0, 0.05) is 32.2 Å². The van der Waals surface area contributed by atoms with Crippen molar-refractivity contribution in [1.82, 2.24) is 15.5 Å². The molecular weight excluding hydrogens is 330 g/mol. The third-order valence-corrected chi connectivity index (χ3v) is 5.18. The Labute approximate surface area is 155 Å². The molecular formula is C20H29N3O3. The predicted molar refractivity (Wildman–Crippen MR) is 99.6 cm³/mol. The van der Waals surface area contributed by atoms with Gasteiger partial charge in [-0.2, -0.15) is 0 Å². The van der Waals surface area contributed by atoms with E-state index in [2.05, 4.69) is 27.7 Å². The first kappa shape index (κ1) is 18.9. The van der Waals surface area contributed by atoms with Gasteiger partial charge in [-0.05, 0) is 18.4 Å². The highest BCUT2D eigenvalue weighted by atomic mass is 16.5. The number of hydrogen-bond acceptors (Lipinski definition) is 4. The zero-order chi connectivity index (χ0) is 18.2. The van der Waals surface area contributed by atoms with E-state index in [-0.39, 0.29) is 12.1 Å². The lowest BCUT2D eigenvalue weighted by Gasteiger charge is -2.33. The Morgan fingerprint density at radius 3 is 2.62 bits per heavy atom. The average Bonchev–Trinajstić information content (AvgIpc) is 2.69. The SMILES string of the molecule is O=C(NCCN1CCO[C@@H](c2ccccc2)C1)C(=O)NC1CCCCC1. The van der Waals surface area contributed by atoms with Crippen LogP contribution in [0.4, 0.5) is 0 Å². The third kappa shape index (κ3) is 5.54. The maximum absolute atomic E-state index is 12.0. The highest BCUT2D eigenvalue weighted by Crippen LogP contribution is 2.21. The van der Waals surface area contributed by atoms with Crippen LogP contribution in [0.3, 0.4) is 0 Å². The van der Waals surface area contributed by atoms with Gasteiger partial charge < -0.3 is 15.4 Å². The molecule has 1 heterocycles. The number of carbonyl (C=O) groups is 2. The molecule has 0 aromatic heterocycles. The molecule has 1 aliphatic carbocycles. The normalized spacial score (nSPS) is 21.9. The van der Waals surface area contributed by atoms with Crippen molar-refractivity contribution >= 4 is 11.8 Å². The zero-order valence-corrected chi connectivity index (χ0v) is 15.3. The molecule has 1 aromatic carbocycles. The summed E-state index contributed by atoms with van der Waals surface area (Å²) in [5.74, 6) is -1.02. The molecule has 6 heteroatoms. The van der Waals surface area contributed by atoms with E-state index in [0.717, 1.165) is 45.3 Å². The van der Waals surface area contributed by atoms with E-state index in [1.54, 1.807) is 0 Å². The summed E-state index contributed by atoms with van der Waals surface area (Å²) in [5, 5.41) is 5.59. The van der Waals surface area contributed by atoms with Crippen LogP contribution in [0.5, 0.6) is 0 Å². The van der Waals surface area contributed by atoms with Gasteiger partial charge in [-0.25, -0.2) is 0 Å². The second-order valence-electron chi connectivity index (χ2n) is 7.14. The molecule has 2 N–H and O–H groups in total. The van der Waals surface area contributed by atoms with Gasteiger partial charge >= 0.3 is 11.8 Å². The van der Waals surface area contributed by atoms with Crippen LogP contribution in [-0.2, 0) is 14.3 Å². The molecule has 2 aliphatic rings. The van der Waals surface area contributed by atoms with Crippen molar-refractivity contribution < 1.29 is 14.3 Å². The molecule has 0 spiro atoms. The number of hydrogen-bond donors (Lipinski definition) is 2. The summed E-state index contributed by atoms with van der Waals surface area (Å²) in [7, 11) is 0. The second-order valence-corrected chi connectivity index (χ2v) is 7.14. The summed E-state index contributed by atoms with van der Waals surface area (Å²) in [6, 6.07) is 10.3. The quantitative estimate of drug-likeness (QED) is 0.784. The zero-order valence-electron chi connectivity index (χ0n) is 15.3. The molecule has 142 valence electrons. The Balaban J connectivity index is 1.37. The Morgan fingerprint density at radius 1 is 1.08 bits per heavy atom. The fourth-order valence-electron chi connectivity index (χ4n) is 3.68. The van der Waals surface area contributed by atoms with E-state index in [4.69, 9.17) is 4.74 Å². The first-order chi connectivity index (χ1) is 12.7. The smallest absolute Gasteiger partial charge is 0.309 e. The lowest BCUT2D eigenvalue weighted by molar-refractivity contribution is -0.139. The number of amides is 2. The molecule has 1 saturated heterocycles. The van der Waals surface area contributed by atoms with Crippen molar-refractivity contribution in [2.75, 3.05) is 32.8 Å². The van der Waals surface area contributed by atoms with Crippen LogP contribution in [0.25, 0.3) is 0 Å². The third-order valence-electron chi connectivity index (χ3n) is 5.18. The minimum absolute atomic E-state index is 0.0650. The van der Waals surface area contributed by atoms with Crippen molar-refractivity contribution in [3.05, 3.63) is 35.9 Å². The van der Waals surface area contributed by atoms with Crippen molar-refractivity contribution in [3.63, 3.8) is 0 Å². The summed E-state index contributed by atoms with van der Waals surface area (Å²) in [4.78, 5) is 26.2. The van der Waals surface area contributed by atoms with E-state index < -0.39 is 11.8 Å². The van der Waals surface area contributed by atoms with Crippen LogP contribution in [0.15, 0.2) is 30.3 Å². The number of rotatable bonds is 5. The van der Waals surface area contributed by atoms with Gasteiger partial charge in [0.25, 0.3) is 0 Å². The van der Waals surface area contributed by atoms with E-state index in [0.29, 0.717) is 13.2 Å². The Bertz CT molecular complexity index is 587. The minimum Gasteiger partial charge on any atom is -0.371 e. The van der Waals surface area contributed by atoms with Gasteiger partial charge in [-0.1, -0.05) is 49.6 Å². The molecule has 2 amide bonds. The van der Waals surface area contributed by atoms with E-state index in [1.165, 1.54) is 12.0 Å². The lowest BCUT2D eigenvalue weighted by Crippen LogP contribution is -2.47. The van der Waals surface area contributed by atoms with Crippen LogP contribution < -0.4 is 10.6 Å². The molecule has 1 aliphatic heterocycles. The number of morpholine rings is 1. The number of benzene rings is 1. The first-order valence-corrected chi connectivity index (χ1v) is 9.70. The summed E-state index contributed by atoms with van der Waals surface area (Å²) < 4.78 is 5.85. The van der Waals surface area contributed by atoms with Gasteiger partial charge in [0.1, 0.15) is 0 Å². The number of nitrogens with zero attached hydrogens (tertiary/aromatic N) is 1. The number of nitrogens with one attached hydrogen (secondary N) is 2. The van der Waals surface area contributed by atoms with Crippen molar-refractivity contribution in [1.29, 1.82) is 0 Å². The van der Waals surface area contributed by atoms with E-state index >= 15 is 0 Å². The maximum atomic E-state index is 12.0. The molecule has 1 aromatic rings. The van der Waals surface area contributed by atoms with Gasteiger partial charge in [0.05, 0.1) is 12.7 Å². The highest BCUT2D eigenvalue weighted by Gasteiger charge is 2.23. The molecule has 0 bridgehead atoms. The average molecular weight is 359 g/mol. The largest absolute Gasteiger partial charge is 0.371 e. The monoisotopic (exact) mass is 359 g/mol. The summed E-state index contributed by atoms with van der Waals surface area (Å²) in [5.41, 5.74) is 1.17. The molecule has 0 unspecified atom stereocenters. The van der Waals surface area contributed by atoms with E-state index in [9.17, 15) is 9.59 Å². The standard InChI is InChI=1S/C20H29N3O3/c24-19(20(25)22-17-9-5-2-6-10-17)21-11-12-23-13-14-26-18(15-23)16-7-3-1-4-8-16/h1,3-4,7-8,17-18H,2,5-6,9-15H2,(H,21,24)(H,22,25)/t18-/m1/s1. The lowest BCUT2D eigenvalue weighted by atomic mass is 9.95. The van der Waals surface area contributed by atoms with Gasteiger partial charge in [-0.15, -0.1) is 0 Å². The molecule has 26 heavy (non-hydrogen) atoms. The van der Waals surface area contributed by atoms with Crippen LogP contribution in [0, 0.1) is 0 Å². The van der Waals surface area contributed by atoms with Crippen LogP contribution >= 0.6 is 0 Å². The molecule has 1 saturated carbocycles. The Morgan fingerprint density at radius 2 is 1.85 bits per heavy atom. The van der Waals surface area contributed by atoms with Crippen molar-refractivity contribution in [2.24, 2.45) is 0 Å². The van der Waals surface area contributed by atoms with Crippen LogP contribution in [-0.4, -0.2) is 55.5 Å². The summed E-state index contributed by atoms with van der Waals surface area (Å²) in [6.07, 6.45) is 5.51. The molecule has 3 rings (SSSR count). The molecule has 2 fully saturated rings. The summed E-state index contributed by atoms with van der Waals surface area (Å²) in [6.45, 7) is 3.50. The van der Waals surface area contributed by atoms with Gasteiger partial charge in [0.15, 0.2) is 0 Å². The molecule has 1 atom stereocenters. The number of carbonyl (C=O) groups excluding carboxylic acids is 2. The summed E-state index contributed by atoms with van der Waals surface area (Å²) >= 11 is 0. The highest BCUT2D eigenvalue weighted by molar-refractivity contribution is 6.35.